The highest BCUT2D eigenvalue weighted by Gasteiger charge is 2.19. The van der Waals surface area contributed by atoms with Gasteiger partial charge >= 0.3 is 0 Å². The molecule has 0 N–H and O–H groups in total. The van der Waals surface area contributed by atoms with E-state index in [1.54, 1.807) is 0 Å². The van der Waals surface area contributed by atoms with Gasteiger partial charge in [-0.05, 0) is 64.7 Å². The van der Waals surface area contributed by atoms with E-state index in [1.165, 1.54) is 44.1 Å². The first-order chi connectivity index (χ1) is 27.8. The molecule has 0 aliphatic heterocycles. The molecule has 0 aliphatic rings. The van der Waals surface area contributed by atoms with Gasteiger partial charge in [-0.25, -0.2) is 9.97 Å². The number of hydrogen-bond acceptors (Lipinski definition) is 2. The Morgan fingerprint density at radius 1 is 0.268 bits per heavy atom. The number of para-hydroxylation sites is 3. The average molecular weight is 715 g/mol. The predicted octanol–water partition coefficient (Wildman–Crippen LogP) is 13.3. The van der Waals surface area contributed by atoms with Crippen LogP contribution in [0.15, 0.2) is 206 Å². The van der Waals surface area contributed by atoms with Crippen LogP contribution < -0.4 is 0 Å². The molecule has 4 heteroatoms. The molecular formula is C52H34N4. The van der Waals surface area contributed by atoms with Gasteiger partial charge in [-0.1, -0.05) is 164 Å². The van der Waals surface area contributed by atoms with E-state index in [4.69, 9.17) is 9.97 Å². The van der Waals surface area contributed by atoms with Gasteiger partial charge in [-0.3, -0.25) is 4.57 Å². The first-order valence-corrected chi connectivity index (χ1v) is 19.0. The van der Waals surface area contributed by atoms with Gasteiger partial charge < -0.3 is 4.57 Å². The molecule has 0 amide bonds. The Kier molecular flexibility index (Phi) is 7.46. The molecule has 0 radical (unpaired) electrons. The quantitative estimate of drug-likeness (QED) is 0.172. The van der Waals surface area contributed by atoms with E-state index in [2.05, 4.69) is 203 Å². The van der Waals surface area contributed by atoms with Crippen molar-refractivity contribution in [1.29, 1.82) is 0 Å². The molecule has 0 saturated heterocycles. The van der Waals surface area contributed by atoms with Crippen molar-refractivity contribution in [3.63, 3.8) is 0 Å². The maximum Gasteiger partial charge on any atom is 0.235 e. The van der Waals surface area contributed by atoms with Crippen LogP contribution in [0.25, 0.3) is 100 Å². The van der Waals surface area contributed by atoms with E-state index in [9.17, 15) is 0 Å². The molecule has 11 rings (SSSR count). The lowest BCUT2D eigenvalue weighted by Crippen LogP contribution is -2.04. The average Bonchev–Trinajstić information content (AvgIpc) is 3.80. The summed E-state index contributed by atoms with van der Waals surface area (Å²) >= 11 is 0. The standard InChI is InChI=1S/C52H34N4/c1-3-13-35(14-4-1)37-23-27-39(28-24-37)46-34-47(40-29-25-38(26-30-40)36-15-5-2-6-16-36)54-52(53-46)56-50-22-12-9-19-44(50)45-33-41(31-32-51(45)56)55-48-20-10-7-17-42(48)43-18-8-11-21-49(43)55/h1-34H. The fraction of sp³-hybridized carbons (Fsp3) is 0. The Morgan fingerprint density at radius 3 is 1.14 bits per heavy atom. The first-order valence-electron chi connectivity index (χ1n) is 19.0. The van der Waals surface area contributed by atoms with Crippen LogP contribution in [0.3, 0.4) is 0 Å². The van der Waals surface area contributed by atoms with Gasteiger partial charge in [0.1, 0.15) is 0 Å². The molecule has 0 atom stereocenters. The van der Waals surface area contributed by atoms with E-state index >= 15 is 0 Å². The van der Waals surface area contributed by atoms with Crippen LogP contribution in [-0.2, 0) is 0 Å². The van der Waals surface area contributed by atoms with Crippen LogP contribution in [0.1, 0.15) is 0 Å². The normalized spacial score (nSPS) is 11.6. The zero-order valence-electron chi connectivity index (χ0n) is 30.4. The molecule has 0 aliphatic carbocycles. The summed E-state index contributed by atoms with van der Waals surface area (Å²) in [5, 5.41) is 4.80. The van der Waals surface area contributed by atoms with Crippen LogP contribution in [0, 0.1) is 0 Å². The SMILES string of the molecule is c1ccc(-c2ccc(-c3cc(-c4ccc(-c5ccccc5)cc4)nc(-n4c5ccccc5c5cc(-n6c7ccccc7c7ccccc76)ccc54)n3)cc2)cc1. The number of benzene rings is 8. The molecule has 0 saturated carbocycles. The molecule has 0 bridgehead atoms. The Bertz CT molecular complexity index is 3060. The summed E-state index contributed by atoms with van der Waals surface area (Å²) in [7, 11) is 0. The van der Waals surface area contributed by atoms with E-state index in [-0.39, 0.29) is 0 Å². The molecule has 11 aromatic rings. The van der Waals surface area contributed by atoms with Gasteiger partial charge in [0, 0.05) is 38.4 Å². The van der Waals surface area contributed by atoms with Gasteiger partial charge in [0.25, 0.3) is 0 Å². The Morgan fingerprint density at radius 2 is 0.643 bits per heavy atom. The maximum absolute atomic E-state index is 5.34. The van der Waals surface area contributed by atoms with E-state index in [1.807, 2.05) is 12.1 Å². The summed E-state index contributed by atoms with van der Waals surface area (Å²) < 4.78 is 4.60. The minimum atomic E-state index is 0.632. The number of rotatable bonds is 6. The Balaban J connectivity index is 1.11. The Hall–Kier alpha value is -7.56. The lowest BCUT2D eigenvalue weighted by molar-refractivity contribution is 0.995. The summed E-state index contributed by atoms with van der Waals surface area (Å²) in [6.45, 7) is 0. The second-order valence-electron chi connectivity index (χ2n) is 14.2. The lowest BCUT2D eigenvalue weighted by atomic mass is 10.0. The highest BCUT2D eigenvalue weighted by Crippen LogP contribution is 2.37. The molecule has 3 aromatic heterocycles. The molecule has 0 fully saturated rings. The lowest BCUT2D eigenvalue weighted by Gasteiger charge is -2.13. The summed E-state index contributed by atoms with van der Waals surface area (Å²) in [6, 6.07) is 73.2. The molecule has 0 spiro atoms. The highest BCUT2D eigenvalue weighted by molar-refractivity contribution is 6.12. The monoisotopic (exact) mass is 714 g/mol. The van der Waals surface area contributed by atoms with E-state index in [0.29, 0.717) is 5.95 Å². The van der Waals surface area contributed by atoms with Crippen molar-refractivity contribution in [2.24, 2.45) is 0 Å². The van der Waals surface area contributed by atoms with Crippen LogP contribution in [0.2, 0.25) is 0 Å². The molecular weight excluding hydrogens is 681 g/mol. The second kappa shape index (κ2) is 13.1. The summed E-state index contributed by atoms with van der Waals surface area (Å²) in [6.07, 6.45) is 0. The molecule has 3 heterocycles. The Labute approximate surface area is 324 Å². The van der Waals surface area contributed by atoms with E-state index < -0.39 is 0 Å². The van der Waals surface area contributed by atoms with Crippen molar-refractivity contribution in [3.05, 3.63) is 206 Å². The number of fused-ring (bicyclic) bond motifs is 6. The van der Waals surface area contributed by atoms with Crippen molar-refractivity contribution in [2.45, 2.75) is 0 Å². The highest BCUT2D eigenvalue weighted by atomic mass is 15.2. The van der Waals surface area contributed by atoms with Crippen molar-refractivity contribution in [1.82, 2.24) is 19.1 Å². The maximum atomic E-state index is 5.34. The van der Waals surface area contributed by atoms with Crippen molar-refractivity contribution >= 4 is 43.6 Å². The van der Waals surface area contributed by atoms with Gasteiger partial charge in [-0.2, -0.15) is 0 Å². The molecule has 262 valence electrons. The smallest absolute Gasteiger partial charge is 0.235 e. The molecule has 0 unspecified atom stereocenters. The molecule has 8 aromatic carbocycles. The first kappa shape index (κ1) is 31.9. The minimum absolute atomic E-state index is 0.632. The zero-order chi connectivity index (χ0) is 37.0. The van der Waals surface area contributed by atoms with E-state index in [0.717, 1.165) is 50.0 Å². The third kappa shape index (κ3) is 5.31. The molecule has 4 nitrogen and oxygen atoms in total. The van der Waals surface area contributed by atoms with Gasteiger partial charge in [-0.15, -0.1) is 0 Å². The predicted molar refractivity (Wildman–Crippen MR) is 232 cm³/mol. The topological polar surface area (TPSA) is 35.6 Å². The van der Waals surface area contributed by atoms with Crippen LogP contribution in [-0.4, -0.2) is 19.1 Å². The summed E-state index contributed by atoms with van der Waals surface area (Å²) in [5.41, 5.74) is 14.1. The van der Waals surface area contributed by atoms with Crippen LogP contribution >= 0.6 is 0 Å². The largest absolute Gasteiger partial charge is 0.309 e. The van der Waals surface area contributed by atoms with Crippen molar-refractivity contribution < 1.29 is 0 Å². The number of aromatic nitrogens is 4. The van der Waals surface area contributed by atoms with Gasteiger partial charge in [0.05, 0.1) is 33.5 Å². The van der Waals surface area contributed by atoms with Crippen LogP contribution in [0.5, 0.6) is 0 Å². The fourth-order valence-electron chi connectivity index (χ4n) is 8.27. The van der Waals surface area contributed by atoms with Gasteiger partial charge in [0.15, 0.2) is 0 Å². The summed E-state index contributed by atoms with van der Waals surface area (Å²) in [4.78, 5) is 10.7. The number of nitrogens with zero attached hydrogens (tertiary/aromatic N) is 4. The second-order valence-corrected chi connectivity index (χ2v) is 14.2. The third-order valence-electron chi connectivity index (χ3n) is 11.0. The van der Waals surface area contributed by atoms with Gasteiger partial charge in [0.2, 0.25) is 5.95 Å². The van der Waals surface area contributed by atoms with Crippen molar-refractivity contribution in [3.8, 4) is 56.4 Å². The fourth-order valence-corrected chi connectivity index (χ4v) is 8.27. The van der Waals surface area contributed by atoms with Crippen LogP contribution in [0.4, 0.5) is 0 Å². The summed E-state index contributed by atoms with van der Waals surface area (Å²) in [5.74, 6) is 0.632. The molecule has 56 heavy (non-hydrogen) atoms. The zero-order valence-corrected chi connectivity index (χ0v) is 30.4. The third-order valence-corrected chi connectivity index (χ3v) is 11.0. The van der Waals surface area contributed by atoms with Crippen molar-refractivity contribution in [2.75, 3.05) is 0 Å². The number of hydrogen-bond donors (Lipinski definition) is 0. The minimum Gasteiger partial charge on any atom is -0.309 e.